The summed E-state index contributed by atoms with van der Waals surface area (Å²) in [5.74, 6) is 0. The maximum Gasteiger partial charge on any atom is 0.140 e. The Labute approximate surface area is 182 Å². The van der Waals surface area contributed by atoms with Crippen molar-refractivity contribution in [3.05, 3.63) is 0 Å². The van der Waals surface area contributed by atoms with Crippen molar-refractivity contribution in [2.24, 2.45) is 0 Å². The predicted molar refractivity (Wildman–Crippen MR) is 92.9 cm³/mol. The van der Waals surface area contributed by atoms with Crippen LogP contribution in [0.2, 0.25) is 0 Å². The van der Waals surface area contributed by atoms with E-state index in [-0.39, 0.29) is 140 Å². The van der Waals surface area contributed by atoms with Gasteiger partial charge in [0.1, 0.15) is 6.79 Å². The topological polar surface area (TPSA) is 80.9 Å². The van der Waals surface area contributed by atoms with E-state index in [9.17, 15) is 0 Å². The molecule has 134 valence electrons. The van der Waals surface area contributed by atoms with Gasteiger partial charge in [-0.3, -0.25) is 0 Å². The van der Waals surface area contributed by atoms with E-state index in [1.54, 1.807) is 0 Å². The third-order valence-corrected chi connectivity index (χ3v) is 0. The summed E-state index contributed by atoms with van der Waals surface area (Å²) in [7, 11) is -1.00. The van der Waals surface area contributed by atoms with Gasteiger partial charge in [-0.25, -0.2) is 0 Å². The zero-order valence-electron chi connectivity index (χ0n) is 7.06. The Hall–Kier alpha value is 2.05. The molecule has 0 atom stereocenters. The Bertz CT molecular complexity index is 36.9. The van der Waals surface area contributed by atoms with E-state index in [2.05, 4.69) is 0 Å². The molecule has 4 N–H and O–H groups in total. The minimum Gasteiger partial charge on any atom is -0.400 e. The van der Waals surface area contributed by atoms with E-state index in [1.165, 1.54) is 0 Å². The maximum absolute atomic E-state index is 7.24. The average Bonchev–Trinajstić information content (AvgIpc) is 1.70. The Balaban J connectivity index is -0.00000000154. The van der Waals surface area contributed by atoms with Crippen LogP contribution in [0.1, 0.15) is 77.0 Å². The van der Waals surface area contributed by atoms with Crippen LogP contribution in [0.5, 0.6) is 0 Å². The van der Waals surface area contributed by atoms with Gasteiger partial charge in [0.15, 0.2) is 0 Å². The molecule has 0 heterocycles. The second-order valence-corrected chi connectivity index (χ2v) is 0.141. The quantitative estimate of drug-likeness (QED) is 0.407. The summed E-state index contributed by atoms with van der Waals surface area (Å²) in [6.07, 6.45) is 0. The third kappa shape index (κ3) is 1560. The first-order chi connectivity index (χ1) is 4.24. The van der Waals surface area contributed by atoms with Crippen LogP contribution in [-0.4, -0.2) is 41.4 Å². The molecule has 19 heavy (non-hydrogen) atoms. The second kappa shape index (κ2) is 783. The molecule has 0 rings (SSSR count). The number of hydrogen-bond acceptors (Lipinski definition) is 4. The molecular formula is C13H52O4Y2. The van der Waals surface area contributed by atoms with Crippen molar-refractivity contribution < 1.29 is 88.6 Å². The fraction of sp³-hybridized carbons (Fsp3) is 1.00. The van der Waals surface area contributed by atoms with Crippen LogP contribution in [0.3, 0.4) is 0 Å². The van der Waals surface area contributed by atoms with Crippen LogP contribution in [0, 0.1) is 0 Å². The summed E-state index contributed by atoms with van der Waals surface area (Å²) >= 11 is 0. The van der Waals surface area contributed by atoms with Crippen molar-refractivity contribution in [2.45, 2.75) is 74.3 Å². The van der Waals surface area contributed by atoms with Crippen LogP contribution < -0.4 is 0 Å². The second-order valence-electron chi connectivity index (χ2n) is 0.141. The standard InChI is InChI=1S/CH4O2.2CH4O.10CH4.2Y/c2-1-3;2*1-2;;;;;;;;;;;;/h2-3H,1H2;2*2H,1H3;10*1H4;;/i;2*1T;;;;;;;;;;;;. The SMILES string of the molecule is C.C.C.C.C.C.C.C.C.C.OCO.[3H]CO.[3H]CO.[Y].[Y]. The van der Waals surface area contributed by atoms with Gasteiger partial charge in [-0.1, -0.05) is 74.3 Å². The Morgan fingerprint density at radius 3 is 0.579 bits per heavy atom. The summed E-state index contributed by atoms with van der Waals surface area (Å²) < 4.78 is 11.5. The van der Waals surface area contributed by atoms with E-state index < -0.39 is 21.0 Å². The molecule has 0 fully saturated rings. The third-order valence-electron chi connectivity index (χ3n) is 0. The number of aliphatic hydroxyl groups excluding tert-OH is 3. The largest absolute Gasteiger partial charge is 0.400 e. The van der Waals surface area contributed by atoms with Gasteiger partial charge in [-0.05, 0) is 0 Å². The van der Waals surface area contributed by atoms with Crippen molar-refractivity contribution in [1.82, 2.24) is 0 Å². The Morgan fingerprint density at radius 2 is 0.579 bits per heavy atom. The van der Waals surface area contributed by atoms with Crippen molar-refractivity contribution >= 4 is 0 Å². The number of aliphatic hydroxyl groups is 4. The summed E-state index contributed by atoms with van der Waals surface area (Å²) in [4.78, 5) is 0. The first kappa shape index (κ1) is 131. The van der Waals surface area contributed by atoms with E-state index in [0.717, 1.165) is 0 Å². The predicted octanol–water partition coefficient (Wildman–Crippen LogP) is 4.50. The number of hydrogen-bond donors (Lipinski definition) is 4. The van der Waals surface area contributed by atoms with Gasteiger partial charge < -0.3 is 20.4 Å². The molecule has 2 radical (unpaired) electrons. The maximum atomic E-state index is 7.24. The normalized spacial score (nSPS) is 2.95. The van der Waals surface area contributed by atoms with Gasteiger partial charge in [0.05, 0.1) is 2.74 Å². The molecule has 0 aliphatic carbocycles. The van der Waals surface area contributed by atoms with Crippen molar-refractivity contribution in [3.8, 4) is 0 Å². The van der Waals surface area contributed by atoms with Gasteiger partial charge in [0.2, 0.25) is 0 Å². The monoisotopic (exact) mass is 454 g/mol. The summed E-state index contributed by atoms with van der Waals surface area (Å²) in [6, 6.07) is 0. The van der Waals surface area contributed by atoms with Gasteiger partial charge in [0.25, 0.3) is 0 Å². The molecule has 0 aromatic heterocycles. The molecule has 0 aliphatic rings. The van der Waals surface area contributed by atoms with Gasteiger partial charge >= 0.3 is 0 Å². The molecule has 0 aromatic rings. The Morgan fingerprint density at radius 1 is 0.579 bits per heavy atom. The van der Waals surface area contributed by atoms with Gasteiger partial charge in [-0.2, -0.15) is 0 Å². The van der Waals surface area contributed by atoms with Gasteiger partial charge in [-0.15, -0.1) is 0 Å². The molecule has 0 aromatic carbocycles. The molecule has 0 bridgehead atoms. The Kier molecular flexibility index (Phi) is 5380. The van der Waals surface area contributed by atoms with E-state index in [1.807, 2.05) is 0 Å². The molecule has 0 amide bonds. The fourth-order valence-corrected chi connectivity index (χ4v) is 0. The summed E-state index contributed by atoms with van der Waals surface area (Å²) in [6.45, 7) is -0.750. The van der Waals surface area contributed by atoms with Crippen LogP contribution in [-0.2, 0) is 65.4 Å². The minimum atomic E-state index is -0.750. The first-order valence-corrected chi connectivity index (χ1v) is 1.26. The minimum absolute atomic E-state index is 0. The summed E-state index contributed by atoms with van der Waals surface area (Å²) in [5, 5.41) is 28.7. The van der Waals surface area contributed by atoms with Gasteiger partial charge in [0, 0.05) is 79.6 Å². The summed E-state index contributed by atoms with van der Waals surface area (Å²) in [5.41, 5.74) is 0. The van der Waals surface area contributed by atoms with Crippen molar-refractivity contribution in [3.63, 3.8) is 0 Å². The van der Waals surface area contributed by atoms with E-state index in [0.29, 0.717) is 0 Å². The molecule has 0 unspecified atom stereocenters. The van der Waals surface area contributed by atoms with Crippen molar-refractivity contribution in [2.75, 3.05) is 21.0 Å². The number of rotatable bonds is 0. The smallest absolute Gasteiger partial charge is 0.140 e. The average molecular weight is 454 g/mol. The van der Waals surface area contributed by atoms with Crippen LogP contribution in [0.15, 0.2) is 0 Å². The van der Waals surface area contributed by atoms with E-state index >= 15 is 0 Å². The first-order valence-electron chi connectivity index (χ1n) is 2.68. The molecular weight excluding hydrogens is 398 g/mol. The van der Waals surface area contributed by atoms with Crippen LogP contribution >= 0.6 is 0 Å². The molecule has 0 spiro atoms. The fourth-order valence-electron chi connectivity index (χ4n) is 0. The zero-order valence-corrected chi connectivity index (χ0v) is 10.7. The molecule has 0 aliphatic heterocycles. The van der Waals surface area contributed by atoms with E-state index in [4.69, 9.17) is 23.2 Å². The van der Waals surface area contributed by atoms with Crippen LogP contribution in [0.4, 0.5) is 0 Å². The molecule has 0 saturated heterocycles. The molecule has 4 nitrogen and oxygen atoms in total. The van der Waals surface area contributed by atoms with Crippen LogP contribution in [0.25, 0.3) is 0 Å². The molecule has 6 heteroatoms. The molecule has 0 saturated carbocycles. The zero-order chi connectivity index (χ0) is 8.12. The van der Waals surface area contributed by atoms with Crippen molar-refractivity contribution in [1.29, 1.82) is 0 Å².